The van der Waals surface area contributed by atoms with Crippen LogP contribution in [0.3, 0.4) is 0 Å². The fourth-order valence-corrected chi connectivity index (χ4v) is 7.07. The van der Waals surface area contributed by atoms with Gasteiger partial charge in [0.1, 0.15) is 5.75 Å². The third-order valence-electron chi connectivity index (χ3n) is 7.25. The molecule has 1 N–H and O–H groups in total. The number of aromatic hydroxyl groups is 1. The number of benzene rings is 3. The van der Waals surface area contributed by atoms with Crippen LogP contribution in [0.15, 0.2) is 77.7 Å². The fourth-order valence-electron chi connectivity index (χ4n) is 5.53. The van der Waals surface area contributed by atoms with Gasteiger partial charge in [-0.2, -0.15) is 0 Å². The number of phenolic OH excluding ortho intramolecular Hbond substituents is 1. The van der Waals surface area contributed by atoms with Crippen LogP contribution in [0.1, 0.15) is 35.2 Å². The Hall–Kier alpha value is -3.51. The molecule has 35 heavy (non-hydrogen) atoms. The Kier molecular flexibility index (Phi) is 5.22. The number of nitrogens with zero attached hydrogens (tertiary/aromatic N) is 2. The van der Waals surface area contributed by atoms with E-state index in [-0.39, 0.29) is 5.75 Å². The van der Waals surface area contributed by atoms with Crippen molar-refractivity contribution in [3.63, 3.8) is 0 Å². The van der Waals surface area contributed by atoms with Crippen molar-refractivity contribution in [3.05, 3.63) is 95.2 Å². The van der Waals surface area contributed by atoms with Crippen LogP contribution < -0.4 is 0 Å². The van der Waals surface area contributed by atoms with E-state index >= 15 is 0 Å². The number of para-hydroxylation sites is 1. The zero-order chi connectivity index (χ0) is 24.2. The SMILES string of the molecule is Cc1ccc(S(=O)(=O)n2c3ccccc3c3c2c2c(n3CCc3ccc(O)cc3)CCCC2)cc1. The molecule has 0 amide bonds. The Balaban J connectivity index is 1.60. The van der Waals surface area contributed by atoms with E-state index < -0.39 is 10.0 Å². The molecule has 0 aliphatic heterocycles. The van der Waals surface area contributed by atoms with Crippen molar-refractivity contribution >= 4 is 32.0 Å². The molecule has 178 valence electrons. The maximum Gasteiger partial charge on any atom is 0.268 e. The molecule has 6 rings (SSSR count). The van der Waals surface area contributed by atoms with Gasteiger partial charge >= 0.3 is 0 Å². The van der Waals surface area contributed by atoms with Crippen LogP contribution in [0.2, 0.25) is 0 Å². The highest BCUT2D eigenvalue weighted by atomic mass is 32.2. The second-order valence-electron chi connectivity index (χ2n) is 9.50. The van der Waals surface area contributed by atoms with E-state index in [4.69, 9.17) is 0 Å². The summed E-state index contributed by atoms with van der Waals surface area (Å²) in [7, 11) is -3.78. The molecule has 0 saturated carbocycles. The Bertz CT molecular complexity index is 1660. The maximum absolute atomic E-state index is 14.1. The Morgan fingerprint density at radius 3 is 2.34 bits per heavy atom. The van der Waals surface area contributed by atoms with Gasteiger partial charge in [-0.25, -0.2) is 12.4 Å². The van der Waals surface area contributed by atoms with Crippen molar-refractivity contribution in [1.29, 1.82) is 0 Å². The molecular weight excluding hydrogens is 456 g/mol. The lowest BCUT2D eigenvalue weighted by Gasteiger charge is -2.17. The maximum atomic E-state index is 14.1. The van der Waals surface area contributed by atoms with Crippen molar-refractivity contribution in [3.8, 4) is 5.75 Å². The lowest BCUT2D eigenvalue weighted by molar-refractivity contribution is 0.475. The molecule has 5 aromatic rings. The molecule has 2 heterocycles. The number of aromatic nitrogens is 2. The van der Waals surface area contributed by atoms with E-state index in [1.807, 2.05) is 55.5 Å². The van der Waals surface area contributed by atoms with Crippen LogP contribution in [0.4, 0.5) is 0 Å². The average molecular weight is 485 g/mol. The van der Waals surface area contributed by atoms with Gasteiger partial charge in [-0.3, -0.25) is 0 Å². The molecule has 0 saturated heterocycles. The van der Waals surface area contributed by atoms with Gasteiger partial charge in [0.25, 0.3) is 10.0 Å². The van der Waals surface area contributed by atoms with Gasteiger partial charge in [-0.15, -0.1) is 0 Å². The highest BCUT2D eigenvalue weighted by molar-refractivity contribution is 7.90. The van der Waals surface area contributed by atoms with Crippen molar-refractivity contribution in [1.82, 2.24) is 8.54 Å². The minimum atomic E-state index is -3.78. The van der Waals surface area contributed by atoms with E-state index in [0.29, 0.717) is 4.90 Å². The molecule has 6 heteroatoms. The molecular formula is C29H28N2O3S. The van der Waals surface area contributed by atoms with Crippen molar-refractivity contribution in [2.24, 2.45) is 0 Å². The minimum Gasteiger partial charge on any atom is -0.508 e. The Labute approximate surface area is 205 Å². The van der Waals surface area contributed by atoms with Crippen LogP contribution in [0, 0.1) is 6.92 Å². The Morgan fingerprint density at radius 1 is 0.857 bits per heavy atom. The van der Waals surface area contributed by atoms with Gasteiger partial charge in [0.15, 0.2) is 0 Å². The summed E-state index contributed by atoms with van der Waals surface area (Å²) in [6.07, 6.45) is 4.83. The second-order valence-corrected chi connectivity index (χ2v) is 11.3. The third kappa shape index (κ3) is 3.55. The lowest BCUT2D eigenvalue weighted by atomic mass is 9.97. The second kappa shape index (κ2) is 8.31. The zero-order valence-electron chi connectivity index (χ0n) is 19.7. The van der Waals surface area contributed by atoms with Gasteiger partial charge in [0.2, 0.25) is 0 Å². The molecule has 1 aliphatic carbocycles. The van der Waals surface area contributed by atoms with E-state index in [9.17, 15) is 13.5 Å². The molecule has 2 aromatic heterocycles. The van der Waals surface area contributed by atoms with Crippen molar-refractivity contribution in [2.75, 3.05) is 0 Å². The number of hydrogen-bond donors (Lipinski definition) is 1. The fraction of sp³-hybridized carbons (Fsp3) is 0.241. The molecule has 0 fully saturated rings. The van der Waals surface area contributed by atoms with Crippen LogP contribution in [0.5, 0.6) is 5.75 Å². The summed E-state index contributed by atoms with van der Waals surface area (Å²) in [6, 6.07) is 22.3. The molecule has 1 aliphatic rings. The summed E-state index contributed by atoms with van der Waals surface area (Å²) in [5.41, 5.74) is 7.19. The van der Waals surface area contributed by atoms with Crippen LogP contribution in [0.25, 0.3) is 21.9 Å². The molecule has 0 bridgehead atoms. The van der Waals surface area contributed by atoms with E-state index in [0.717, 1.165) is 71.7 Å². The molecule has 0 unspecified atom stereocenters. The minimum absolute atomic E-state index is 0.263. The topological polar surface area (TPSA) is 64.2 Å². The van der Waals surface area contributed by atoms with Crippen LogP contribution >= 0.6 is 0 Å². The molecule has 3 aromatic carbocycles. The summed E-state index contributed by atoms with van der Waals surface area (Å²) in [5, 5.41) is 10.6. The molecule has 0 radical (unpaired) electrons. The lowest BCUT2D eigenvalue weighted by Crippen LogP contribution is -2.14. The van der Waals surface area contributed by atoms with Gasteiger partial charge in [-0.05, 0) is 80.5 Å². The van der Waals surface area contributed by atoms with Gasteiger partial charge in [0, 0.05) is 17.6 Å². The highest BCUT2D eigenvalue weighted by Gasteiger charge is 2.30. The van der Waals surface area contributed by atoms with Crippen LogP contribution in [-0.2, 0) is 35.8 Å². The Morgan fingerprint density at radius 2 is 1.57 bits per heavy atom. The predicted octanol–water partition coefficient (Wildman–Crippen LogP) is 5.97. The third-order valence-corrected chi connectivity index (χ3v) is 8.97. The molecule has 5 nitrogen and oxygen atoms in total. The summed E-state index contributed by atoms with van der Waals surface area (Å²) in [6.45, 7) is 2.72. The van der Waals surface area contributed by atoms with Gasteiger partial charge in [0.05, 0.1) is 21.4 Å². The average Bonchev–Trinajstić information content (AvgIpc) is 3.37. The first-order valence-corrected chi connectivity index (χ1v) is 13.6. The largest absolute Gasteiger partial charge is 0.508 e. The zero-order valence-corrected chi connectivity index (χ0v) is 20.6. The van der Waals surface area contributed by atoms with E-state index in [1.165, 1.54) is 11.3 Å². The number of hydrogen-bond acceptors (Lipinski definition) is 3. The quantitative estimate of drug-likeness (QED) is 0.334. The number of phenols is 1. The van der Waals surface area contributed by atoms with E-state index in [1.54, 1.807) is 28.2 Å². The summed E-state index contributed by atoms with van der Waals surface area (Å²) in [5.74, 6) is 0.263. The number of fused-ring (bicyclic) bond motifs is 5. The van der Waals surface area contributed by atoms with Gasteiger partial charge in [-0.1, -0.05) is 48.0 Å². The smallest absolute Gasteiger partial charge is 0.268 e. The summed E-state index contributed by atoms with van der Waals surface area (Å²) >= 11 is 0. The van der Waals surface area contributed by atoms with Crippen molar-refractivity contribution in [2.45, 2.75) is 50.5 Å². The summed E-state index contributed by atoms with van der Waals surface area (Å²) < 4.78 is 32.1. The molecule has 0 atom stereocenters. The van der Waals surface area contributed by atoms with Gasteiger partial charge < -0.3 is 9.67 Å². The molecule has 0 spiro atoms. The predicted molar refractivity (Wildman–Crippen MR) is 140 cm³/mol. The standard InChI is InChI=1S/C29H28N2O3S/c1-20-10-16-23(17-11-20)35(33,34)31-27-9-5-3-7-25(27)28-29(31)24-6-2-4-8-26(24)30(28)19-18-21-12-14-22(32)15-13-21/h3,5,7,9-17,32H,2,4,6,8,18-19H2,1H3. The van der Waals surface area contributed by atoms with Crippen LogP contribution in [-0.4, -0.2) is 22.1 Å². The normalized spacial score (nSPS) is 14.0. The van der Waals surface area contributed by atoms with E-state index in [2.05, 4.69) is 4.57 Å². The number of rotatable bonds is 5. The monoisotopic (exact) mass is 484 g/mol. The number of aryl methyl sites for hydroxylation is 4. The summed E-state index contributed by atoms with van der Waals surface area (Å²) in [4.78, 5) is 0.312. The van der Waals surface area contributed by atoms with Crippen molar-refractivity contribution < 1.29 is 13.5 Å². The first-order chi connectivity index (χ1) is 16.9. The first-order valence-electron chi connectivity index (χ1n) is 12.2. The first kappa shape index (κ1) is 22.0. The highest BCUT2D eigenvalue weighted by Crippen LogP contribution is 2.40.